The minimum absolute atomic E-state index is 0.0657. The number of thioether (sulfide) groups is 1. The van der Waals surface area contributed by atoms with E-state index >= 15 is 0 Å². The number of benzene rings is 2. The predicted molar refractivity (Wildman–Crippen MR) is 131 cm³/mol. The van der Waals surface area contributed by atoms with Crippen molar-refractivity contribution in [2.24, 2.45) is 0 Å². The smallest absolute Gasteiger partial charge is 0.301 e. The van der Waals surface area contributed by atoms with E-state index < -0.39 is 29.3 Å². The molecule has 1 unspecified atom stereocenters. The number of aliphatic hydroxyl groups is 1. The number of rotatable bonds is 6. The summed E-state index contributed by atoms with van der Waals surface area (Å²) in [5.74, 6) is -2.23. The highest BCUT2D eigenvalue weighted by atomic mass is 32.2. The molecule has 1 atom stereocenters. The summed E-state index contributed by atoms with van der Waals surface area (Å²) in [4.78, 5) is 31.3. The second kappa shape index (κ2) is 9.77. The first-order chi connectivity index (χ1) is 17.0. The fourth-order valence-electron chi connectivity index (χ4n) is 3.76. The lowest BCUT2D eigenvalue weighted by atomic mass is 9.95. The van der Waals surface area contributed by atoms with Gasteiger partial charge in [0.15, 0.2) is 4.34 Å². The Hall–Kier alpha value is -3.89. The molecule has 0 radical (unpaired) electrons. The first-order valence-electron chi connectivity index (χ1n) is 10.5. The van der Waals surface area contributed by atoms with Crippen LogP contribution in [0.4, 0.5) is 9.52 Å². The first kappa shape index (κ1) is 22.9. The Balaban J connectivity index is 1.56. The van der Waals surface area contributed by atoms with E-state index in [1.54, 1.807) is 6.07 Å². The molecule has 3 heterocycles. The Morgan fingerprint density at radius 3 is 2.46 bits per heavy atom. The normalized spacial score (nSPS) is 17.2. The van der Waals surface area contributed by atoms with Crippen molar-refractivity contribution in [3.05, 3.63) is 107 Å². The number of Topliss-reactive ketones (excluding diaryl/α,β-unsaturated/α-hetero) is 1. The van der Waals surface area contributed by atoms with Crippen molar-refractivity contribution in [3.63, 3.8) is 0 Å². The largest absolute Gasteiger partial charge is 0.507 e. The summed E-state index contributed by atoms with van der Waals surface area (Å²) < 4.78 is 15.5. The van der Waals surface area contributed by atoms with E-state index in [-0.39, 0.29) is 21.8 Å². The van der Waals surface area contributed by atoms with Gasteiger partial charge in [-0.15, -0.1) is 10.2 Å². The van der Waals surface area contributed by atoms with Crippen molar-refractivity contribution in [2.75, 3.05) is 4.90 Å². The molecule has 2 aromatic heterocycles. The van der Waals surface area contributed by atoms with Crippen LogP contribution >= 0.6 is 23.1 Å². The number of carbonyl (C=O) groups is 2. The van der Waals surface area contributed by atoms with Crippen molar-refractivity contribution in [1.29, 1.82) is 0 Å². The third kappa shape index (κ3) is 4.45. The molecular weight excluding hydrogens is 487 g/mol. The highest BCUT2D eigenvalue weighted by molar-refractivity contribution is 8.00. The van der Waals surface area contributed by atoms with Crippen LogP contribution in [0.5, 0.6) is 0 Å². The van der Waals surface area contributed by atoms with E-state index in [9.17, 15) is 19.1 Å². The van der Waals surface area contributed by atoms with E-state index in [4.69, 9.17) is 0 Å². The molecule has 174 valence electrons. The number of hydrogen-bond acceptors (Lipinski definition) is 8. The molecule has 0 spiro atoms. The van der Waals surface area contributed by atoms with Gasteiger partial charge in [-0.2, -0.15) is 0 Å². The quantitative estimate of drug-likeness (QED) is 0.130. The van der Waals surface area contributed by atoms with Gasteiger partial charge in [0, 0.05) is 29.3 Å². The van der Waals surface area contributed by atoms with Crippen LogP contribution in [0.3, 0.4) is 0 Å². The monoisotopic (exact) mass is 504 g/mol. The summed E-state index contributed by atoms with van der Waals surface area (Å²) >= 11 is 2.56. The van der Waals surface area contributed by atoms with Gasteiger partial charge in [0.25, 0.3) is 5.78 Å². The van der Waals surface area contributed by atoms with Gasteiger partial charge in [-0.25, -0.2) is 4.39 Å². The Bertz CT molecular complexity index is 1430. The highest BCUT2D eigenvalue weighted by Crippen LogP contribution is 2.44. The lowest BCUT2D eigenvalue weighted by molar-refractivity contribution is -0.132. The number of pyridine rings is 1. The molecule has 0 aliphatic carbocycles. The van der Waals surface area contributed by atoms with E-state index in [0.29, 0.717) is 10.1 Å². The maximum Gasteiger partial charge on any atom is 0.301 e. The van der Waals surface area contributed by atoms with E-state index in [1.165, 1.54) is 54.5 Å². The molecule has 1 N–H and O–H groups in total. The van der Waals surface area contributed by atoms with Gasteiger partial charge in [0.2, 0.25) is 5.13 Å². The zero-order chi connectivity index (χ0) is 24.4. The van der Waals surface area contributed by atoms with Gasteiger partial charge in [-0.3, -0.25) is 19.5 Å². The summed E-state index contributed by atoms with van der Waals surface area (Å²) in [6.07, 6.45) is 2.90. The van der Waals surface area contributed by atoms with Crippen LogP contribution in [0.2, 0.25) is 0 Å². The molecule has 4 aromatic rings. The summed E-state index contributed by atoms with van der Waals surface area (Å²) in [6, 6.07) is 17.4. The van der Waals surface area contributed by atoms with Gasteiger partial charge in [0.05, 0.1) is 5.57 Å². The lowest BCUT2D eigenvalue weighted by Crippen LogP contribution is -2.29. The first-order valence-corrected chi connectivity index (χ1v) is 12.3. The Labute approximate surface area is 208 Å². The molecule has 1 aliphatic rings. The predicted octanol–water partition coefficient (Wildman–Crippen LogP) is 4.99. The van der Waals surface area contributed by atoms with Gasteiger partial charge >= 0.3 is 5.91 Å². The lowest BCUT2D eigenvalue weighted by Gasteiger charge is -2.22. The number of amides is 1. The van der Waals surface area contributed by atoms with Gasteiger partial charge in [0.1, 0.15) is 17.6 Å². The molecule has 10 heteroatoms. The number of hydrogen-bond donors (Lipinski definition) is 1. The fraction of sp³-hybridized carbons (Fsp3) is 0.0800. The molecule has 35 heavy (non-hydrogen) atoms. The number of halogens is 1. The molecule has 7 nitrogen and oxygen atoms in total. The van der Waals surface area contributed by atoms with Crippen LogP contribution in [0, 0.1) is 5.82 Å². The molecule has 1 saturated heterocycles. The van der Waals surface area contributed by atoms with Crippen LogP contribution in [0.1, 0.15) is 22.7 Å². The number of ketones is 1. The number of anilines is 1. The summed E-state index contributed by atoms with van der Waals surface area (Å²) in [5.41, 5.74) is 1.23. The molecule has 1 amide bonds. The SMILES string of the molecule is O=C1C(=O)N(c2nnc(SCc3ccccc3)s2)C(c2ccccc2F)C1=C(O)c1ccncc1. The number of nitrogens with zero attached hydrogens (tertiary/aromatic N) is 4. The summed E-state index contributed by atoms with van der Waals surface area (Å²) in [6.45, 7) is 0. The average molecular weight is 505 g/mol. The Morgan fingerprint density at radius 1 is 1.00 bits per heavy atom. The minimum Gasteiger partial charge on any atom is -0.507 e. The number of aliphatic hydroxyl groups excluding tert-OH is 1. The third-order valence-corrected chi connectivity index (χ3v) is 7.53. The van der Waals surface area contributed by atoms with Crippen LogP contribution in [-0.4, -0.2) is 32.0 Å². The maximum absolute atomic E-state index is 14.9. The van der Waals surface area contributed by atoms with E-state index in [0.717, 1.165) is 21.8 Å². The molecule has 5 rings (SSSR count). The highest BCUT2D eigenvalue weighted by Gasteiger charge is 2.49. The van der Waals surface area contributed by atoms with Crippen LogP contribution in [-0.2, 0) is 15.3 Å². The van der Waals surface area contributed by atoms with Crippen LogP contribution < -0.4 is 4.90 Å². The van der Waals surface area contributed by atoms with E-state index in [1.807, 2.05) is 30.3 Å². The number of aromatic nitrogens is 3. The molecule has 1 fully saturated rings. The van der Waals surface area contributed by atoms with Crippen molar-refractivity contribution in [1.82, 2.24) is 15.2 Å². The van der Waals surface area contributed by atoms with Crippen molar-refractivity contribution in [2.45, 2.75) is 16.1 Å². The second-order valence-electron chi connectivity index (χ2n) is 7.55. The zero-order valence-electron chi connectivity index (χ0n) is 18.0. The second-order valence-corrected chi connectivity index (χ2v) is 9.73. The van der Waals surface area contributed by atoms with Gasteiger partial charge < -0.3 is 5.11 Å². The van der Waals surface area contributed by atoms with Crippen molar-refractivity contribution >= 4 is 45.7 Å². The minimum atomic E-state index is -1.20. The van der Waals surface area contributed by atoms with Gasteiger partial charge in [-0.1, -0.05) is 71.6 Å². The number of carbonyl (C=O) groups excluding carboxylic acids is 2. The average Bonchev–Trinajstić information content (AvgIpc) is 3.46. The van der Waals surface area contributed by atoms with Crippen molar-refractivity contribution < 1.29 is 19.1 Å². The zero-order valence-corrected chi connectivity index (χ0v) is 19.7. The molecule has 1 aliphatic heterocycles. The Morgan fingerprint density at radius 2 is 1.71 bits per heavy atom. The third-order valence-electron chi connectivity index (χ3n) is 5.41. The fourth-order valence-corrected chi connectivity index (χ4v) is 5.59. The van der Waals surface area contributed by atoms with Crippen LogP contribution in [0.25, 0.3) is 5.76 Å². The molecular formula is C25H17FN4O3S2. The summed E-state index contributed by atoms with van der Waals surface area (Å²) in [7, 11) is 0. The standard InChI is InChI=1S/C25H17FN4O3S2/c26-18-9-5-4-8-17(18)20-19(21(31)16-10-12-27-13-11-16)22(32)23(33)30(20)24-28-29-25(35-24)34-14-15-6-2-1-3-7-15/h1-13,20,31H,14H2. The summed E-state index contributed by atoms with van der Waals surface area (Å²) in [5, 5.41) is 19.4. The maximum atomic E-state index is 14.9. The molecule has 0 bridgehead atoms. The van der Waals surface area contributed by atoms with Crippen LogP contribution in [0.15, 0.2) is 89.0 Å². The molecule has 0 saturated carbocycles. The molecule has 2 aromatic carbocycles. The van der Waals surface area contributed by atoms with Gasteiger partial charge in [-0.05, 0) is 23.8 Å². The van der Waals surface area contributed by atoms with Crippen molar-refractivity contribution in [3.8, 4) is 0 Å². The Kier molecular flexibility index (Phi) is 6.39. The van der Waals surface area contributed by atoms with E-state index in [2.05, 4.69) is 15.2 Å². The topological polar surface area (TPSA) is 96.3 Å².